The molecule has 0 fully saturated rings. The number of aromatic nitrogens is 3. The summed E-state index contributed by atoms with van der Waals surface area (Å²) in [5, 5.41) is 12.2. The number of hydrogen-bond acceptors (Lipinski definition) is 7. The number of pyridine rings is 3. The monoisotopic (exact) mass is 501 g/mol. The second-order valence-electron chi connectivity index (χ2n) is 8.22. The predicted octanol–water partition coefficient (Wildman–Crippen LogP) is 5.86. The molecule has 0 saturated heterocycles. The number of nitrogens with one attached hydrogen (secondary N) is 4. The van der Waals surface area contributed by atoms with Crippen molar-refractivity contribution in [3.05, 3.63) is 127 Å². The Morgan fingerprint density at radius 2 is 0.895 bits per heavy atom. The van der Waals surface area contributed by atoms with Gasteiger partial charge in [0.25, 0.3) is 11.8 Å². The topological polar surface area (TPSA) is 121 Å². The summed E-state index contributed by atoms with van der Waals surface area (Å²) in [5.74, 6) is -0.694. The first-order valence-electron chi connectivity index (χ1n) is 11.8. The van der Waals surface area contributed by atoms with E-state index in [1.165, 1.54) is 12.3 Å². The number of hydrogen-bond donors (Lipinski definition) is 4. The number of nitrogens with zero attached hydrogens (tertiary/aromatic N) is 3. The largest absolute Gasteiger partial charge is 0.355 e. The first-order valence-corrected chi connectivity index (χ1v) is 11.8. The predicted molar refractivity (Wildman–Crippen MR) is 148 cm³/mol. The normalized spacial score (nSPS) is 10.3. The van der Waals surface area contributed by atoms with Crippen LogP contribution in [0.15, 0.2) is 116 Å². The SMILES string of the molecule is O=C(Nc1ccc(Nc2ccncc2)cc1)c1ccc(C(=O)Nc2ccc(Nc3ccncc3)cc2)nc1. The molecule has 0 aliphatic rings. The van der Waals surface area contributed by atoms with E-state index in [9.17, 15) is 9.59 Å². The average molecular weight is 502 g/mol. The third kappa shape index (κ3) is 6.35. The molecule has 2 aromatic carbocycles. The number of carbonyl (C=O) groups is 2. The van der Waals surface area contributed by atoms with Crippen molar-refractivity contribution in [3.8, 4) is 0 Å². The van der Waals surface area contributed by atoms with Gasteiger partial charge in [-0.05, 0) is 84.9 Å². The summed E-state index contributed by atoms with van der Waals surface area (Å²) >= 11 is 0. The van der Waals surface area contributed by atoms with E-state index < -0.39 is 0 Å². The zero-order chi connectivity index (χ0) is 26.2. The Kier molecular flexibility index (Phi) is 7.27. The standard InChI is InChI=1S/C29H23N7O2/c37-28(35-23-6-2-21(3-7-23)33-25-11-15-30-16-12-25)20-1-10-27(32-19-20)29(38)36-24-8-4-22(5-9-24)34-26-13-17-31-18-14-26/h1-19H,(H,30,33)(H,31,34)(H,35,37)(H,36,38). The van der Waals surface area contributed by atoms with Crippen LogP contribution < -0.4 is 21.3 Å². The molecule has 0 saturated carbocycles. The van der Waals surface area contributed by atoms with E-state index >= 15 is 0 Å². The first kappa shape index (κ1) is 24.1. The third-order valence-electron chi connectivity index (χ3n) is 5.48. The molecule has 0 bridgehead atoms. The number of anilines is 6. The van der Waals surface area contributed by atoms with Crippen molar-refractivity contribution in [1.29, 1.82) is 0 Å². The molecule has 38 heavy (non-hydrogen) atoms. The van der Waals surface area contributed by atoms with Crippen LogP contribution in [0.1, 0.15) is 20.8 Å². The fourth-order valence-electron chi connectivity index (χ4n) is 3.54. The number of benzene rings is 2. The van der Waals surface area contributed by atoms with Crippen LogP contribution in [-0.2, 0) is 0 Å². The Bertz CT molecular complexity index is 1390. The number of rotatable bonds is 8. The van der Waals surface area contributed by atoms with E-state index in [-0.39, 0.29) is 17.5 Å². The van der Waals surface area contributed by atoms with Crippen LogP contribution in [0.3, 0.4) is 0 Å². The molecule has 0 aliphatic carbocycles. The average Bonchev–Trinajstić information content (AvgIpc) is 2.96. The molecule has 186 valence electrons. The molecule has 4 N–H and O–H groups in total. The minimum Gasteiger partial charge on any atom is -0.355 e. The molecule has 5 aromatic rings. The van der Waals surface area contributed by atoms with E-state index in [0.29, 0.717) is 16.9 Å². The zero-order valence-corrected chi connectivity index (χ0v) is 20.1. The molecule has 3 heterocycles. The van der Waals surface area contributed by atoms with Gasteiger partial charge in [-0.2, -0.15) is 0 Å². The van der Waals surface area contributed by atoms with Crippen LogP contribution in [0.4, 0.5) is 34.1 Å². The minimum atomic E-state index is -0.371. The first-order chi connectivity index (χ1) is 18.6. The van der Waals surface area contributed by atoms with Crippen molar-refractivity contribution in [2.24, 2.45) is 0 Å². The lowest BCUT2D eigenvalue weighted by Crippen LogP contribution is -2.16. The van der Waals surface area contributed by atoms with Gasteiger partial charge in [-0.3, -0.25) is 24.5 Å². The van der Waals surface area contributed by atoms with Gasteiger partial charge in [-0.25, -0.2) is 0 Å². The summed E-state index contributed by atoms with van der Waals surface area (Å²) in [6.45, 7) is 0. The van der Waals surface area contributed by atoms with Crippen LogP contribution in [0.25, 0.3) is 0 Å². The molecular weight excluding hydrogens is 478 g/mol. The molecule has 9 heteroatoms. The summed E-state index contributed by atoms with van der Waals surface area (Å²) in [7, 11) is 0. The lowest BCUT2D eigenvalue weighted by molar-refractivity contribution is 0.101. The molecule has 0 aliphatic heterocycles. The van der Waals surface area contributed by atoms with Gasteiger partial charge in [0.2, 0.25) is 0 Å². The second kappa shape index (κ2) is 11.4. The van der Waals surface area contributed by atoms with Gasteiger partial charge in [-0.15, -0.1) is 0 Å². The molecule has 0 spiro atoms. The van der Waals surface area contributed by atoms with Crippen molar-refractivity contribution in [2.75, 3.05) is 21.3 Å². The van der Waals surface area contributed by atoms with Crippen LogP contribution in [0, 0.1) is 0 Å². The Balaban J connectivity index is 1.14. The second-order valence-corrected chi connectivity index (χ2v) is 8.22. The molecule has 2 amide bonds. The van der Waals surface area contributed by atoms with Gasteiger partial charge in [0.05, 0.1) is 5.56 Å². The quantitative estimate of drug-likeness (QED) is 0.210. The van der Waals surface area contributed by atoms with Crippen molar-refractivity contribution in [2.45, 2.75) is 0 Å². The molecule has 0 unspecified atom stereocenters. The molecule has 0 radical (unpaired) electrons. The van der Waals surface area contributed by atoms with Gasteiger partial charge >= 0.3 is 0 Å². The number of carbonyl (C=O) groups excluding carboxylic acids is 2. The van der Waals surface area contributed by atoms with Crippen molar-refractivity contribution >= 4 is 45.9 Å². The van der Waals surface area contributed by atoms with Gasteiger partial charge in [-0.1, -0.05) is 0 Å². The maximum atomic E-state index is 12.6. The fourth-order valence-corrected chi connectivity index (χ4v) is 3.54. The maximum absolute atomic E-state index is 12.6. The highest BCUT2D eigenvalue weighted by atomic mass is 16.2. The smallest absolute Gasteiger partial charge is 0.274 e. The highest BCUT2D eigenvalue weighted by Gasteiger charge is 2.11. The Hall–Kier alpha value is -5.57. The van der Waals surface area contributed by atoms with Gasteiger partial charge in [0.15, 0.2) is 0 Å². The van der Waals surface area contributed by atoms with E-state index in [0.717, 1.165) is 22.7 Å². The lowest BCUT2D eigenvalue weighted by atomic mass is 10.2. The molecular formula is C29H23N7O2. The lowest BCUT2D eigenvalue weighted by Gasteiger charge is -2.09. The highest BCUT2D eigenvalue weighted by molar-refractivity contribution is 6.06. The Morgan fingerprint density at radius 1 is 0.474 bits per heavy atom. The molecule has 9 nitrogen and oxygen atoms in total. The van der Waals surface area contributed by atoms with E-state index in [1.54, 1.807) is 55.1 Å². The van der Waals surface area contributed by atoms with Crippen LogP contribution >= 0.6 is 0 Å². The van der Waals surface area contributed by atoms with Crippen molar-refractivity contribution < 1.29 is 9.59 Å². The van der Waals surface area contributed by atoms with E-state index in [2.05, 4.69) is 36.2 Å². The Morgan fingerprint density at radius 3 is 1.34 bits per heavy atom. The summed E-state index contributed by atoms with van der Waals surface area (Å²) in [4.78, 5) is 37.4. The molecule has 3 aromatic heterocycles. The highest BCUT2D eigenvalue weighted by Crippen LogP contribution is 2.20. The maximum Gasteiger partial charge on any atom is 0.274 e. The number of amides is 2. The summed E-state index contributed by atoms with van der Waals surface area (Å²) in [5.41, 5.74) is 5.40. The van der Waals surface area contributed by atoms with Crippen molar-refractivity contribution in [1.82, 2.24) is 15.0 Å². The zero-order valence-electron chi connectivity index (χ0n) is 20.1. The van der Waals surface area contributed by atoms with Crippen molar-refractivity contribution in [3.63, 3.8) is 0 Å². The van der Waals surface area contributed by atoms with Gasteiger partial charge in [0.1, 0.15) is 5.69 Å². The van der Waals surface area contributed by atoms with E-state index in [4.69, 9.17) is 0 Å². The summed E-state index contributed by atoms with van der Waals surface area (Å²) in [6, 6.07) is 25.2. The summed E-state index contributed by atoms with van der Waals surface area (Å²) < 4.78 is 0. The van der Waals surface area contributed by atoms with Gasteiger partial charge in [0, 0.05) is 65.1 Å². The molecule has 0 atom stereocenters. The summed E-state index contributed by atoms with van der Waals surface area (Å²) in [6.07, 6.45) is 8.21. The minimum absolute atomic E-state index is 0.201. The van der Waals surface area contributed by atoms with Crippen LogP contribution in [-0.4, -0.2) is 26.8 Å². The third-order valence-corrected chi connectivity index (χ3v) is 5.48. The van der Waals surface area contributed by atoms with Crippen LogP contribution in [0.5, 0.6) is 0 Å². The van der Waals surface area contributed by atoms with E-state index in [1.807, 2.05) is 48.5 Å². The fraction of sp³-hybridized carbons (Fsp3) is 0. The van der Waals surface area contributed by atoms with Gasteiger partial charge < -0.3 is 21.3 Å². The van der Waals surface area contributed by atoms with Crippen LogP contribution in [0.2, 0.25) is 0 Å². The Labute approximate surface area is 219 Å². The molecule has 5 rings (SSSR count).